The van der Waals surface area contributed by atoms with Crippen LogP contribution < -0.4 is 25.2 Å². The molecular formula is C41H43ClN3O9P. The zero-order chi connectivity index (χ0) is 38.4. The zero-order valence-electron chi connectivity index (χ0n) is 30.8. The zero-order valence-corrected chi connectivity index (χ0v) is 32.4. The van der Waals surface area contributed by atoms with Crippen molar-refractivity contribution in [2.75, 3.05) is 47.1 Å². The van der Waals surface area contributed by atoms with E-state index >= 15 is 0 Å². The third kappa shape index (κ3) is 8.51. The molecule has 12 nitrogen and oxygen atoms in total. The highest BCUT2D eigenvalue weighted by Crippen LogP contribution is 2.50. The summed E-state index contributed by atoms with van der Waals surface area (Å²) in [5.74, 6) is 1.89. The van der Waals surface area contributed by atoms with E-state index in [0.29, 0.717) is 54.1 Å². The van der Waals surface area contributed by atoms with Gasteiger partial charge in [0.05, 0.1) is 45.2 Å². The van der Waals surface area contributed by atoms with Gasteiger partial charge in [-0.3, -0.25) is 14.3 Å². The molecule has 14 heteroatoms. The van der Waals surface area contributed by atoms with Crippen LogP contribution in [0.1, 0.15) is 34.9 Å². The number of nitrogens with zero attached hydrogens (tertiary/aromatic N) is 2. The Hall–Kier alpha value is -4.52. The van der Waals surface area contributed by atoms with E-state index in [0.717, 1.165) is 16.7 Å². The molecule has 0 amide bonds. The number of methoxy groups -OCH3 is 2. The molecule has 0 aliphatic carbocycles. The van der Waals surface area contributed by atoms with Crippen LogP contribution >= 0.6 is 20.1 Å². The smallest absolute Gasteiger partial charge is 0.330 e. The second-order valence-electron chi connectivity index (χ2n) is 13.1. The number of rotatable bonds is 14. The van der Waals surface area contributed by atoms with Gasteiger partial charge in [-0.1, -0.05) is 78.3 Å². The number of aryl methyl sites for hydroxylation is 1. The molecule has 1 N–H and O–H groups in total. The molecule has 0 saturated carbocycles. The van der Waals surface area contributed by atoms with E-state index in [1.165, 1.54) is 10.8 Å². The summed E-state index contributed by atoms with van der Waals surface area (Å²) in [6.07, 6.45) is -0.333. The van der Waals surface area contributed by atoms with Gasteiger partial charge in [-0.15, -0.1) is 0 Å². The van der Waals surface area contributed by atoms with Crippen LogP contribution in [0.2, 0.25) is 5.02 Å². The number of para-hydroxylation sites is 1. The number of morpholine rings is 1. The summed E-state index contributed by atoms with van der Waals surface area (Å²) in [6.45, 7) is 3.87. The van der Waals surface area contributed by atoms with Crippen molar-refractivity contribution in [3.63, 3.8) is 0 Å². The highest BCUT2D eigenvalue weighted by atomic mass is 35.5. The van der Waals surface area contributed by atoms with E-state index in [4.69, 9.17) is 44.3 Å². The Morgan fingerprint density at radius 2 is 1.44 bits per heavy atom. The lowest BCUT2D eigenvalue weighted by atomic mass is 9.80. The molecule has 4 aromatic carbocycles. The normalized spacial score (nSPS) is 19.5. The fourth-order valence-electron chi connectivity index (χ4n) is 6.80. The number of hydrogen-bond acceptors (Lipinski definition) is 10. The SMILES string of the molecule is COc1ccc(C(OC[C@H]2O[C@@H](n3cc(C)c(=O)[nH]c3=O)C[C@@H]2OP(Oc2ccccc2Cl)N2CCOCC2)(c2ccccc2)c2ccc(OC)cc2)cc1. The monoisotopic (exact) mass is 787 g/mol. The predicted molar refractivity (Wildman–Crippen MR) is 209 cm³/mol. The Morgan fingerprint density at radius 1 is 0.836 bits per heavy atom. The van der Waals surface area contributed by atoms with Crippen LogP contribution in [0.15, 0.2) is 119 Å². The first-order valence-electron chi connectivity index (χ1n) is 18.0. The van der Waals surface area contributed by atoms with Gasteiger partial charge < -0.3 is 32.7 Å². The van der Waals surface area contributed by atoms with E-state index in [2.05, 4.69) is 9.65 Å². The average Bonchev–Trinajstić information content (AvgIpc) is 3.63. The Labute approximate surface area is 325 Å². The molecule has 3 heterocycles. The molecule has 0 spiro atoms. The minimum atomic E-state index is -1.74. The lowest BCUT2D eigenvalue weighted by molar-refractivity contribution is -0.0922. The molecule has 2 fully saturated rings. The van der Waals surface area contributed by atoms with Gasteiger partial charge >= 0.3 is 14.2 Å². The Kier molecular flexibility index (Phi) is 12.3. The van der Waals surface area contributed by atoms with Crippen molar-refractivity contribution >= 4 is 20.1 Å². The number of benzene rings is 4. The van der Waals surface area contributed by atoms with Gasteiger partial charge in [0.25, 0.3) is 5.56 Å². The molecule has 4 atom stereocenters. The van der Waals surface area contributed by atoms with Crippen LogP contribution in [0, 0.1) is 6.92 Å². The fourth-order valence-corrected chi connectivity index (χ4v) is 8.59. The number of ether oxygens (including phenoxy) is 5. The lowest BCUT2D eigenvalue weighted by Crippen LogP contribution is -2.39. The van der Waals surface area contributed by atoms with E-state index in [-0.39, 0.29) is 13.0 Å². The van der Waals surface area contributed by atoms with E-state index in [9.17, 15) is 9.59 Å². The quantitative estimate of drug-likeness (QED) is 0.0947. The molecule has 288 valence electrons. The maximum absolute atomic E-state index is 13.2. The van der Waals surface area contributed by atoms with Gasteiger partial charge in [0.1, 0.15) is 35.2 Å². The fraction of sp³-hybridized carbons (Fsp3) is 0.317. The van der Waals surface area contributed by atoms with E-state index < -0.39 is 43.8 Å². The van der Waals surface area contributed by atoms with Crippen molar-refractivity contribution in [1.29, 1.82) is 0 Å². The van der Waals surface area contributed by atoms with Gasteiger partial charge in [0.2, 0.25) is 0 Å². The van der Waals surface area contributed by atoms with E-state index in [1.54, 1.807) is 33.3 Å². The second kappa shape index (κ2) is 17.5. The first-order valence-corrected chi connectivity index (χ1v) is 19.5. The van der Waals surface area contributed by atoms with Crippen molar-refractivity contribution < 1.29 is 32.7 Å². The maximum Gasteiger partial charge on any atom is 0.330 e. The van der Waals surface area contributed by atoms with Gasteiger partial charge in [-0.05, 0) is 60.0 Å². The minimum Gasteiger partial charge on any atom is -0.497 e. The number of aromatic amines is 1. The molecule has 5 aromatic rings. The van der Waals surface area contributed by atoms with Crippen molar-refractivity contribution in [3.8, 4) is 17.2 Å². The van der Waals surface area contributed by atoms with Crippen molar-refractivity contribution in [2.45, 2.75) is 37.4 Å². The van der Waals surface area contributed by atoms with Crippen molar-refractivity contribution in [3.05, 3.63) is 157 Å². The number of hydrogen-bond donors (Lipinski definition) is 1. The van der Waals surface area contributed by atoms with Crippen LogP contribution in [0.25, 0.3) is 0 Å². The summed E-state index contributed by atoms with van der Waals surface area (Å²) in [5, 5.41) is 0.453. The Bertz CT molecular complexity index is 2100. The summed E-state index contributed by atoms with van der Waals surface area (Å²) >= 11 is 6.57. The van der Waals surface area contributed by atoms with Crippen LogP contribution in [-0.4, -0.2) is 73.6 Å². The number of H-pyrrole nitrogens is 1. The molecule has 2 aliphatic rings. The third-order valence-electron chi connectivity index (χ3n) is 9.73. The van der Waals surface area contributed by atoms with E-state index in [1.807, 2.05) is 91.0 Å². The van der Waals surface area contributed by atoms with Gasteiger partial charge in [-0.2, -0.15) is 0 Å². The molecule has 0 radical (unpaired) electrons. The molecule has 2 saturated heterocycles. The standard InChI is InChI=1S/C41H43ClN3O9P/c1-28-26-45(40(47)43-39(28)46)38-25-36(54-55(44-21-23-50-24-22-44)53-35-12-8-7-11-34(35)42)37(52-38)27-51-41(29-9-5-4-6-10-29,30-13-17-32(48-2)18-14-30)31-15-19-33(49-3)20-16-31/h4-20,26,36-38H,21-25,27H2,1-3H3,(H,43,46,47)/t36-,37+,38+,55?/m0/s1. The summed E-state index contributed by atoms with van der Waals surface area (Å²) < 4.78 is 47.6. The molecule has 55 heavy (non-hydrogen) atoms. The van der Waals surface area contributed by atoms with Crippen molar-refractivity contribution in [2.24, 2.45) is 0 Å². The highest BCUT2D eigenvalue weighted by molar-refractivity contribution is 7.45. The topological polar surface area (TPSA) is 123 Å². The molecule has 0 bridgehead atoms. The van der Waals surface area contributed by atoms with Crippen molar-refractivity contribution in [1.82, 2.24) is 14.2 Å². The first kappa shape index (κ1) is 38.7. The molecule has 7 rings (SSSR count). The van der Waals surface area contributed by atoms with Crippen LogP contribution in [0.3, 0.4) is 0 Å². The molecular weight excluding hydrogens is 745 g/mol. The van der Waals surface area contributed by atoms with Crippen LogP contribution in [0.5, 0.6) is 17.2 Å². The molecule has 1 unspecified atom stereocenters. The first-order chi connectivity index (χ1) is 26.8. The number of aromatic nitrogens is 2. The molecule has 2 aliphatic heterocycles. The number of nitrogens with one attached hydrogen (secondary N) is 1. The maximum atomic E-state index is 13.2. The number of halogens is 1. The predicted octanol–water partition coefficient (Wildman–Crippen LogP) is 6.84. The summed E-state index contributed by atoms with van der Waals surface area (Å²) in [6, 6.07) is 32.8. The minimum absolute atomic E-state index is 0.0313. The van der Waals surface area contributed by atoms with Crippen LogP contribution in [0.4, 0.5) is 0 Å². The Balaban J connectivity index is 1.29. The summed E-state index contributed by atoms with van der Waals surface area (Å²) in [4.78, 5) is 27.9. The molecule has 1 aromatic heterocycles. The lowest BCUT2D eigenvalue weighted by Gasteiger charge is -2.38. The van der Waals surface area contributed by atoms with Gasteiger partial charge in [-0.25, -0.2) is 9.46 Å². The average molecular weight is 788 g/mol. The summed E-state index contributed by atoms with van der Waals surface area (Å²) in [7, 11) is 1.52. The highest BCUT2D eigenvalue weighted by Gasteiger charge is 2.45. The van der Waals surface area contributed by atoms with Crippen LogP contribution in [-0.2, 0) is 24.3 Å². The third-order valence-corrected chi connectivity index (χ3v) is 11.7. The largest absolute Gasteiger partial charge is 0.497 e. The second-order valence-corrected chi connectivity index (χ2v) is 15.0. The van der Waals surface area contributed by atoms with Gasteiger partial charge in [0, 0.05) is 31.3 Å². The Morgan fingerprint density at radius 3 is 2.05 bits per heavy atom. The summed E-state index contributed by atoms with van der Waals surface area (Å²) in [5.41, 5.74) is 0.771. The van der Waals surface area contributed by atoms with Gasteiger partial charge in [0.15, 0.2) is 0 Å².